The Morgan fingerprint density at radius 1 is 0.912 bits per heavy atom. The van der Waals surface area contributed by atoms with Crippen LogP contribution in [-0.2, 0) is 6.42 Å². The molecule has 0 unspecified atom stereocenters. The number of aromatic amines is 1. The average molecular weight is 456 g/mol. The fourth-order valence-electron chi connectivity index (χ4n) is 3.84. The molecular formula is C26H18F2N4O2. The zero-order valence-electron chi connectivity index (χ0n) is 17.8. The Kier molecular flexibility index (Phi) is 5.55. The van der Waals surface area contributed by atoms with Crippen molar-refractivity contribution in [2.75, 3.05) is 5.32 Å². The van der Waals surface area contributed by atoms with Crippen molar-refractivity contribution < 1.29 is 18.4 Å². The Bertz CT molecular complexity index is 1540. The van der Waals surface area contributed by atoms with Gasteiger partial charge in [-0.3, -0.25) is 19.9 Å². The van der Waals surface area contributed by atoms with Crippen molar-refractivity contribution in [3.8, 4) is 0 Å². The molecule has 8 heteroatoms. The monoisotopic (exact) mass is 456 g/mol. The Hall–Kier alpha value is -4.46. The number of fused-ring (bicyclic) bond motifs is 2. The number of rotatable bonds is 6. The van der Waals surface area contributed by atoms with Gasteiger partial charge in [0.2, 0.25) is 5.95 Å². The van der Waals surface area contributed by atoms with E-state index in [9.17, 15) is 18.4 Å². The molecule has 3 aromatic carbocycles. The van der Waals surface area contributed by atoms with Crippen molar-refractivity contribution in [1.29, 1.82) is 0 Å². The number of aryl methyl sites for hydroxylation is 1. The number of nitrogens with one attached hydrogen (secondary N) is 2. The van der Waals surface area contributed by atoms with E-state index in [0.717, 1.165) is 16.8 Å². The molecular weight excluding hydrogens is 438 g/mol. The van der Waals surface area contributed by atoms with Gasteiger partial charge in [0.05, 0.1) is 5.52 Å². The van der Waals surface area contributed by atoms with E-state index in [1.54, 1.807) is 30.5 Å². The van der Waals surface area contributed by atoms with Gasteiger partial charge in [-0.25, -0.2) is 13.8 Å². The number of benzene rings is 3. The van der Waals surface area contributed by atoms with Crippen molar-refractivity contribution in [3.63, 3.8) is 0 Å². The number of hydrogen-bond acceptors (Lipinski definition) is 4. The number of carbonyl (C=O) groups is 2. The molecule has 2 aromatic heterocycles. The van der Waals surface area contributed by atoms with Gasteiger partial charge in [0.1, 0.15) is 22.8 Å². The number of aromatic nitrogens is 3. The lowest BCUT2D eigenvalue weighted by atomic mass is 10.0. The second-order valence-corrected chi connectivity index (χ2v) is 7.86. The molecule has 2 N–H and O–H groups in total. The molecule has 0 aliphatic heterocycles. The van der Waals surface area contributed by atoms with Crippen LogP contribution in [0.5, 0.6) is 0 Å². The summed E-state index contributed by atoms with van der Waals surface area (Å²) in [6, 6.07) is 17.6. The third-order valence-corrected chi connectivity index (χ3v) is 5.47. The molecule has 0 bridgehead atoms. The van der Waals surface area contributed by atoms with E-state index in [2.05, 4.69) is 20.3 Å². The van der Waals surface area contributed by atoms with Gasteiger partial charge in [-0.15, -0.1) is 0 Å². The van der Waals surface area contributed by atoms with Gasteiger partial charge in [-0.2, -0.15) is 0 Å². The van der Waals surface area contributed by atoms with Crippen molar-refractivity contribution in [2.45, 2.75) is 12.8 Å². The number of Topliss-reactive ketones (excluding diaryl/α,β-unsaturated/α-hetero) is 1. The molecule has 34 heavy (non-hydrogen) atoms. The molecule has 5 aromatic rings. The van der Waals surface area contributed by atoms with Crippen LogP contribution in [0.4, 0.5) is 14.7 Å². The third kappa shape index (κ3) is 4.38. The van der Waals surface area contributed by atoms with Crippen LogP contribution in [0.1, 0.15) is 32.8 Å². The molecule has 0 radical (unpaired) electrons. The van der Waals surface area contributed by atoms with Crippen LogP contribution in [0.2, 0.25) is 0 Å². The quantitative estimate of drug-likeness (QED) is 0.332. The van der Waals surface area contributed by atoms with Crippen molar-refractivity contribution in [1.82, 2.24) is 15.0 Å². The molecule has 1 amide bonds. The first-order chi connectivity index (χ1) is 16.5. The summed E-state index contributed by atoms with van der Waals surface area (Å²) in [5.41, 5.74) is 1.97. The average Bonchev–Trinajstić information content (AvgIpc) is 3.24. The van der Waals surface area contributed by atoms with Gasteiger partial charge < -0.3 is 4.98 Å². The molecule has 0 saturated carbocycles. The summed E-state index contributed by atoms with van der Waals surface area (Å²) >= 11 is 0. The SMILES string of the molecule is O=C(Nc1nc2c(C(=O)CCc3cc(F)cc(F)c3)cccc2[nH]1)c1cc2ccccc2cn1. The zero-order valence-corrected chi connectivity index (χ0v) is 17.8. The minimum atomic E-state index is -0.682. The summed E-state index contributed by atoms with van der Waals surface area (Å²) < 4.78 is 26.8. The number of imidazole rings is 1. The molecule has 0 atom stereocenters. The lowest BCUT2D eigenvalue weighted by Gasteiger charge is -2.04. The topological polar surface area (TPSA) is 87.7 Å². The smallest absolute Gasteiger partial charge is 0.276 e. The predicted octanol–water partition coefficient (Wildman–Crippen LogP) is 5.46. The van der Waals surface area contributed by atoms with Crippen molar-refractivity contribution in [2.24, 2.45) is 0 Å². The van der Waals surface area contributed by atoms with Crippen LogP contribution in [0.25, 0.3) is 21.8 Å². The minimum Gasteiger partial charge on any atom is -0.324 e. The highest BCUT2D eigenvalue weighted by molar-refractivity contribution is 6.08. The minimum absolute atomic E-state index is 0.0531. The van der Waals surface area contributed by atoms with Gasteiger partial charge in [0.25, 0.3) is 5.91 Å². The maximum Gasteiger partial charge on any atom is 0.276 e. The number of anilines is 1. The maximum absolute atomic E-state index is 13.4. The lowest BCUT2D eigenvalue weighted by Crippen LogP contribution is -2.14. The molecule has 0 aliphatic carbocycles. The van der Waals surface area contributed by atoms with Gasteiger partial charge in [0, 0.05) is 29.6 Å². The summed E-state index contributed by atoms with van der Waals surface area (Å²) in [7, 11) is 0. The number of pyridine rings is 1. The molecule has 0 saturated heterocycles. The number of ketones is 1. The van der Waals surface area contributed by atoms with Gasteiger partial charge in [-0.05, 0) is 47.7 Å². The summed E-state index contributed by atoms with van der Waals surface area (Å²) in [4.78, 5) is 37.1. The lowest BCUT2D eigenvalue weighted by molar-refractivity contribution is 0.0982. The van der Waals surface area contributed by atoms with E-state index in [0.29, 0.717) is 22.2 Å². The number of amides is 1. The van der Waals surface area contributed by atoms with Crippen molar-refractivity contribution in [3.05, 3.63) is 101 Å². The molecule has 0 spiro atoms. The van der Waals surface area contributed by atoms with Crippen LogP contribution in [0.15, 0.2) is 72.9 Å². The van der Waals surface area contributed by atoms with Gasteiger partial charge in [0.15, 0.2) is 5.78 Å². The van der Waals surface area contributed by atoms with E-state index < -0.39 is 17.5 Å². The number of hydrogen-bond donors (Lipinski definition) is 2. The van der Waals surface area contributed by atoms with E-state index in [1.165, 1.54) is 12.1 Å². The number of H-pyrrole nitrogens is 1. The van der Waals surface area contributed by atoms with Crippen LogP contribution < -0.4 is 5.32 Å². The van der Waals surface area contributed by atoms with E-state index >= 15 is 0 Å². The first kappa shape index (κ1) is 21.4. The van der Waals surface area contributed by atoms with Crippen molar-refractivity contribution >= 4 is 39.4 Å². The highest BCUT2D eigenvalue weighted by Crippen LogP contribution is 2.22. The Balaban J connectivity index is 1.35. The predicted molar refractivity (Wildman–Crippen MR) is 125 cm³/mol. The first-order valence-electron chi connectivity index (χ1n) is 10.6. The Labute approximate surface area is 192 Å². The van der Waals surface area contributed by atoms with Crippen LogP contribution >= 0.6 is 0 Å². The molecule has 2 heterocycles. The fourth-order valence-corrected chi connectivity index (χ4v) is 3.84. The summed E-state index contributed by atoms with van der Waals surface area (Å²) in [6.07, 6.45) is 1.87. The Morgan fingerprint density at radius 2 is 1.68 bits per heavy atom. The van der Waals surface area contributed by atoms with Crippen LogP contribution in [-0.4, -0.2) is 26.6 Å². The largest absolute Gasteiger partial charge is 0.324 e. The fraction of sp³-hybridized carbons (Fsp3) is 0.0769. The number of nitrogens with zero attached hydrogens (tertiary/aromatic N) is 2. The molecule has 168 valence electrons. The number of para-hydroxylation sites is 1. The summed E-state index contributed by atoms with van der Waals surface area (Å²) in [6.45, 7) is 0. The maximum atomic E-state index is 13.4. The molecule has 0 aliphatic rings. The second kappa shape index (κ2) is 8.82. The highest BCUT2D eigenvalue weighted by Gasteiger charge is 2.16. The van der Waals surface area contributed by atoms with E-state index in [4.69, 9.17) is 0 Å². The third-order valence-electron chi connectivity index (χ3n) is 5.47. The first-order valence-corrected chi connectivity index (χ1v) is 10.6. The zero-order chi connectivity index (χ0) is 23.7. The van der Waals surface area contributed by atoms with Crippen LogP contribution in [0.3, 0.4) is 0 Å². The summed E-state index contributed by atoms with van der Waals surface area (Å²) in [5, 5.41) is 4.50. The highest BCUT2D eigenvalue weighted by atomic mass is 19.1. The normalized spacial score (nSPS) is 11.1. The standard InChI is InChI=1S/C26H18F2N4O2/c27-18-10-15(11-19(28)13-18)8-9-23(33)20-6-3-7-21-24(20)31-26(30-21)32-25(34)22-12-16-4-1-2-5-17(16)14-29-22/h1-7,10-14H,8-9H2,(H2,30,31,32,34). The van der Waals surface area contributed by atoms with E-state index in [-0.39, 0.29) is 30.3 Å². The number of halogens is 2. The van der Waals surface area contributed by atoms with Gasteiger partial charge in [-0.1, -0.05) is 30.3 Å². The molecule has 5 rings (SSSR count). The molecule has 0 fully saturated rings. The van der Waals surface area contributed by atoms with E-state index in [1.807, 2.05) is 24.3 Å². The second-order valence-electron chi connectivity index (χ2n) is 7.86. The summed E-state index contributed by atoms with van der Waals surface area (Å²) in [5.74, 6) is -1.85. The van der Waals surface area contributed by atoms with Gasteiger partial charge >= 0.3 is 0 Å². The number of carbonyl (C=O) groups excluding carboxylic acids is 2. The van der Waals surface area contributed by atoms with Crippen LogP contribution in [0, 0.1) is 11.6 Å². The molecule has 6 nitrogen and oxygen atoms in total. The Morgan fingerprint density at radius 3 is 2.47 bits per heavy atom.